The first-order chi connectivity index (χ1) is 16.3. The molecule has 14 heteroatoms. The monoisotopic (exact) mass is 569 g/mol. The van der Waals surface area contributed by atoms with Crippen LogP contribution < -0.4 is 20.9 Å². The van der Waals surface area contributed by atoms with Crippen molar-refractivity contribution in [1.29, 1.82) is 0 Å². The average Bonchev–Trinajstić information content (AvgIpc) is 2.88. The highest BCUT2D eigenvalue weighted by Gasteiger charge is 2.55. The molecule has 2 heterocycles. The normalized spacial score (nSPS) is 18.0. The number of unbranched alkanes of at least 4 members (excludes halogenated alkanes) is 1. The number of carbonyl (C=O) groups is 2. The number of anilines is 1. The number of hydroxylamine groups is 1. The van der Waals surface area contributed by atoms with Crippen LogP contribution in [0.5, 0.6) is 5.75 Å². The van der Waals surface area contributed by atoms with Gasteiger partial charge in [-0.3, -0.25) is 14.8 Å². The molecule has 2 saturated heterocycles. The van der Waals surface area contributed by atoms with Gasteiger partial charge in [-0.25, -0.2) is 13.9 Å². The van der Waals surface area contributed by atoms with Crippen molar-refractivity contribution in [2.24, 2.45) is 5.73 Å². The molecule has 2 aliphatic rings. The van der Waals surface area contributed by atoms with Crippen LogP contribution in [0.2, 0.25) is 0 Å². The lowest BCUT2D eigenvalue weighted by Gasteiger charge is -2.44. The van der Waals surface area contributed by atoms with Gasteiger partial charge in [0.1, 0.15) is 5.75 Å². The summed E-state index contributed by atoms with van der Waals surface area (Å²) in [5.41, 5.74) is 7.92. The Hall–Kier alpha value is -1.83. The number of amides is 2. The molecule has 0 atom stereocenters. The summed E-state index contributed by atoms with van der Waals surface area (Å²) >= 11 is 0. The number of nitrogens with two attached hydrogens (primary N) is 1. The summed E-state index contributed by atoms with van der Waals surface area (Å²) < 4.78 is 32.4. The largest absolute Gasteiger partial charge is 0.494 e. The molecule has 2 fully saturated rings. The number of hydrogen-bond acceptors (Lipinski definition) is 8. The second kappa shape index (κ2) is 14.2. The number of likely N-dealkylation sites (tertiary alicyclic amines) is 1. The van der Waals surface area contributed by atoms with E-state index in [0.29, 0.717) is 19.7 Å². The maximum absolute atomic E-state index is 13.6. The van der Waals surface area contributed by atoms with E-state index in [1.165, 1.54) is 9.21 Å². The fraction of sp³-hybridized carbons (Fsp3) is 0.636. The smallest absolute Gasteiger partial charge is 0.266 e. The Morgan fingerprint density at radius 3 is 2.14 bits per heavy atom. The molecule has 0 radical (unpaired) electrons. The van der Waals surface area contributed by atoms with Crippen molar-refractivity contribution in [2.45, 2.75) is 37.4 Å². The summed E-state index contributed by atoms with van der Waals surface area (Å²) in [7, 11) is -4.09. The highest BCUT2D eigenvalue weighted by molar-refractivity contribution is 7.91. The van der Waals surface area contributed by atoms with Crippen molar-refractivity contribution in [2.75, 3.05) is 57.3 Å². The van der Waals surface area contributed by atoms with Gasteiger partial charge in [-0.1, -0.05) is 13.3 Å². The van der Waals surface area contributed by atoms with Gasteiger partial charge in [0.25, 0.3) is 5.91 Å². The van der Waals surface area contributed by atoms with Gasteiger partial charge >= 0.3 is 0 Å². The van der Waals surface area contributed by atoms with E-state index >= 15 is 0 Å². The summed E-state index contributed by atoms with van der Waals surface area (Å²) in [6, 6.07) is 7.73. The molecule has 2 aliphatic heterocycles. The van der Waals surface area contributed by atoms with Crippen molar-refractivity contribution in [1.82, 2.24) is 14.7 Å². The predicted octanol–water partition coefficient (Wildman–Crippen LogP) is 0.986. The lowest BCUT2D eigenvalue weighted by Crippen LogP contribution is -2.64. The van der Waals surface area contributed by atoms with E-state index < -0.39 is 20.7 Å². The van der Waals surface area contributed by atoms with Crippen LogP contribution in [0.4, 0.5) is 5.69 Å². The van der Waals surface area contributed by atoms with Gasteiger partial charge in [-0.15, -0.1) is 24.8 Å². The Labute approximate surface area is 225 Å². The Morgan fingerprint density at radius 2 is 1.64 bits per heavy atom. The van der Waals surface area contributed by atoms with Gasteiger partial charge in [0.2, 0.25) is 15.9 Å². The summed E-state index contributed by atoms with van der Waals surface area (Å²) in [4.78, 5) is 28.1. The first kappa shape index (κ1) is 32.2. The molecule has 0 saturated carbocycles. The third-order valence-corrected chi connectivity index (χ3v) is 9.28. The predicted molar refractivity (Wildman–Crippen MR) is 142 cm³/mol. The number of carbonyl (C=O) groups excluding carboxylic acids is 2. The minimum absolute atomic E-state index is 0. The molecule has 11 nitrogen and oxygen atoms in total. The van der Waals surface area contributed by atoms with Gasteiger partial charge < -0.3 is 20.3 Å². The zero-order valence-corrected chi connectivity index (χ0v) is 22.9. The zero-order chi connectivity index (χ0) is 24.8. The maximum atomic E-state index is 13.6. The lowest BCUT2D eigenvalue weighted by atomic mass is 9.95. The molecule has 0 aromatic heterocycles. The highest BCUT2D eigenvalue weighted by atomic mass is 35.5. The van der Waals surface area contributed by atoms with E-state index in [-0.39, 0.29) is 76.3 Å². The van der Waals surface area contributed by atoms with Gasteiger partial charge in [0.05, 0.1) is 13.2 Å². The van der Waals surface area contributed by atoms with Gasteiger partial charge in [-0.2, -0.15) is 4.31 Å². The number of hydrogen-bond donors (Lipinski definition) is 3. The van der Waals surface area contributed by atoms with Crippen molar-refractivity contribution < 1.29 is 28.0 Å². The van der Waals surface area contributed by atoms with E-state index in [4.69, 9.17) is 10.5 Å². The number of piperazine rings is 1. The molecule has 1 aromatic rings. The van der Waals surface area contributed by atoms with E-state index in [9.17, 15) is 23.2 Å². The molecule has 0 spiro atoms. The van der Waals surface area contributed by atoms with Crippen LogP contribution in [0.1, 0.15) is 32.6 Å². The maximum Gasteiger partial charge on any atom is 0.266 e. The second-order valence-electron chi connectivity index (χ2n) is 8.61. The number of nitrogens with one attached hydrogen (secondary N) is 1. The number of halogens is 2. The molecule has 2 amide bonds. The van der Waals surface area contributed by atoms with Crippen LogP contribution in [0, 0.1) is 0 Å². The van der Waals surface area contributed by atoms with Crippen LogP contribution in [-0.4, -0.2) is 91.8 Å². The van der Waals surface area contributed by atoms with E-state index in [1.807, 2.05) is 24.3 Å². The van der Waals surface area contributed by atoms with Crippen LogP contribution in [-0.2, 0) is 19.6 Å². The van der Waals surface area contributed by atoms with Crippen LogP contribution in [0.3, 0.4) is 0 Å². The minimum atomic E-state index is -4.09. The average molecular weight is 571 g/mol. The minimum Gasteiger partial charge on any atom is -0.494 e. The summed E-state index contributed by atoms with van der Waals surface area (Å²) in [6.07, 6.45) is 1.85. The summed E-state index contributed by atoms with van der Waals surface area (Å²) in [6.45, 7) is 4.11. The van der Waals surface area contributed by atoms with Crippen molar-refractivity contribution in [3.8, 4) is 5.75 Å². The summed E-state index contributed by atoms with van der Waals surface area (Å²) in [5, 5.41) is 9.31. The standard InChI is InChI=1S/C22H35N5O6S.2ClH/c1-2-3-16-33-19-6-4-18(5-7-19)25-12-14-27(15-13-25)34(31,32)22(21(29)24-30)8-10-26(11-9-22)20(28)17-23;;/h4-7,30H,2-3,8-17,23H2,1H3,(H,24,29);2*1H. The third-order valence-electron chi connectivity index (χ3n) is 6.65. The van der Waals surface area contributed by atoms with Crippen LogP contribution >= 0.6 is 24.8 Å². The fourth-order valence-electron chi connectivity index (χ4n) is 4.47. The topological polar surface area (TPSA) is 146 Å². The molecule has 36 heavy (non-hydrogen) atoms. The molecular formula is C22H37Cl2N5O6S. The van der Waals surface area contributed by atoms with E-state index in [2.05, 4.69) is 11.8 Å². The first-order valence-electron chi connectivity index (χ1n) is 11.7. The SMILES string of the molecule is CCCCOc1ccc(N2CCN(S(=O)(=O)C3(C(=O)NO)CCN(C(=O)CN)CC3)CC2)cc1.Cl.Cl. The molecule has 0 bridgehead atoms. The number of sulfonamides is 1. The molecule has 1 aromatic carbocycles. The van der Waals surface area contributed by atoms with Crippen LogP contribution in [0.25, 0.3) is 0 Å². The third kappa shape index (κ3) is 6.73. The fourth-order valence-corrected chi connectivity index (χ4v) is 6.59. The molecule has 0 unspecified atom stereocenters. The quantitative estimate of drug-likeness (QED) is 0.226. The Kier molecular flexibility index (Phi) is 12.7. The molecular weight excluding hydrogens is 533 g/mol. The van der Waals surface area contributed by atoms with E-state index in [0.717, 1.165) is 24.3 Å². The van der Waals surface area contributed by atoms with E-state index in [1.54, 1.807) is 5.48 Å². The Bertz CT molecular complexity index is 950. The molecule has 3 rings (SSSR count). The number of nitrogens with zero attached hydrogens (tertiary/aromatic N) is 3. The zero-order valence-electron chi connectivity index (χ0n) is 20.4. The number of ether oxygens (including phenoxy) is 1. The van der Waals surface area contributed by atoms with Crippen molar-refractivity contribution in [3.05, 3.63) is 24.3 Å². The lowest BCUT2D eigenvalue weighted by molar-refractivity contribution is -0.137. The van der Waals surface area contributed by atoms with Gasteiger partial charge in [0, 0.05) is 45.0 Å². The van der Waals surface area contributed by atoms with Crippen LogP contribution in [0.15, 0.2) is 24.3 Å². The number of rotatable bonds is 9. The first-order valence-corrected chi connectivity index (χ1v) is 13.1. The Balaban J connectivity index is 0.00000324. The van der Waals surface area contributed by atoms with Gasteiger partial charge in [-0.05, 0) is 43.5 Å². The number of piperidine rings is 1. The molecule has 206 valence electrons. The second-order valence-corrected chi connectivity index (χ2v) is 10.9. The summed E-state index contributed by atoms with van der Waals surface area (Å²) in [5.74, 6) is -0.464. The number of benzene rings is 1. The Morgan fingerprint density at radius 1 is 1.06 bits per heavy atom. The van der Waals surface area contributed by atoms with Crippen molar-refractivity contribution in [3.63, 3.8) is 0 Å². The van der Waals surface area contributed by atoms with Gasteiger partial charge in [0.15, 0.2) is 4.75 Å². The van der Waals surface area contributed by atoms with Crippen molar-refractivity contribution >= 4 is 52.3 Å². The molecule has 0 aliphatic carbocycles. The highest BCUT2D eigenvalue weighted by Crippen LogP contribution is 2.34. The molecule has 4 N–H and O–H groups in total.